The van der Waals surface area contributed by atoms with Gasteiger partial charge in [-0.05, 0) is 44.1 Å². The normalized spacial score (nSPS) is 39.0. The zero-order valence-electron chi connectivity index (χ0n) is 12.4. The van der Waals surface area contributed by atoms with Crippen LogP contribution in [0.3, 0.4) is 0 Å². The van der Waals surface area contributed by atoms with Crippen LogP contribution in [0.1, 0.15) is 32.6 Å². The van der Waals surface area contributed by atoms with Gasteiger partial charge in [0.05, 0.1) is 24.9 Å². The SMILES string of the molecule is CC1COC(CO)CN1C1CCOC2(CCSCC2)C1. The van der Waals surface area contributed by atoms with Gasteiger partial charge in [-0.25, -0.2) is 0 Å². The van der Waals surface area contributed by atoms with Crippen LogP contribution in [-0.4, -0.2) is 71.7 Å². The Morgan fingerprint density at radius 3 is 2.90 bits per heavy atom. The first-order chi connectivity index (χ1) is 9.72. The highest BCUT2D eigenvalue weighted by atomic mass is 32.2. The van der Waals surface area contributed by atoms with Gasteiger partial charge in [-0.3, -0.25) is 4.90 Å². The van der Waals surface area contributed by atoms with Gasteiger partial charge in [0.15, 0.2) is 0 Å². The molecule has 3 unspecified atom stereocenters. The summed E-state index contributed by atoms with van der Waals surface area (Å²) in [5.74, 6) is 2.48. The average molecular weight is 301 g/mol. The summed E-state index contributed by atoms with van der Waals surface area (Å²) in [6.45, 7) is 4.88. The van der Waals surface area contributed by atoms with E-state index >= 15 is 0 Å². The van der Waals surface area contributed by atoms with Gasteiger partial charge in [0.25, 0.3) is 0 Å². The molecule has 0 aliphatic carbocycles. The lowest BCUT2D eigenvalue weighted by molar-refractivity contribution is -0.143. The number of thioether (sulfide) groups is 1. The molecule has 4 nitrogen and oxygen atoms in total. The molecule has 3 fully saturated rings. The molecule has 0 bridgehead atoms. The second-order valence-electron chi connectivity index (χ2n) is 6.47. The first-order valence-corrected chi connectivity index (χ1v) is 9.08. The fraction of sp³-hybridized carbons (Fsp3) is 1.00. The quantitative estimate of drug-likeness (QED) is 0.837. The monoisotopic (exact) mass is 301 g/mol. The minimum atomic E-state index is -0.00749. The predicted molar refractivity (Wildman–Crippen MR) is 81.3 cm³/mol. The summed E-state index contributed by atoms with van der Waals surface area (Å²) in [4.78, 5) is 2.57. The third-order valence-corrected chi connectivity index (χ3v) is 6.08. The molecular weight excluding hydrogens is 274 g/mol. The van der Waals surface area contributed by atoms with Gasteiger partial charge in [0, 0.05) is 25.2 Å². The number of rotatable bonds is 2. The summed E-state index contributed by atoms with van der Waals surface area (Å²) in [5, 5.41) is 9.36. The maximum absolute atomic E-state index is 9.36. The van der Waals surface area contributed by atoms with Crippen molar-refractivity contribution in [2.45, 2.75) is 56.4 Å². The number of ether oxygens (including phenoxy) is 2. The van der Waals surface area contributed by atoms with Crippen LogP contribution in [0, 0.1) is 0 Å². The van der Waals surface area contributed by atoms with E-state index < -0.39 is 0 Å². The van der Waals surface area contributed by atoms with Crippen molar-refractivity contribution in [2.75, 3.05) is 37.9 Å². The molecule has 1 N–H and O–H groups in total. The van der Waals surface area contributed by atoms with E-state index in [1.807, 2.05) is 0 Å². The van der Waals surface area contributed by atoms with Crippen LogP contribution in [-0.2, 0) is 9.47 Å². The van der Waals surface area contributed by atoms with Gasteiger partial charge in [-0.1, -0.05) is 0 Å². The number of aliphatic hydroxyl groups is 1. The second kappa shape index (κ2) is 6.53. The fourth-order valence-corrected chi connectivity index (χ4v) is 5.07. The lowest BCUT2D eigenvalue weighted by Gasteiger charge is -2.49. The molecular formula is C15H27NO3S. The molecule has 0 aromatic heterocycles. The Morgan fingerprint density at radius 1 is 1.35 bits per heavy atom. The number of hydrogen-bond acceptors (Lipinski definition) is 5. The van der Waals surface area contributed by atoms with Crippen LogP contribution in [0.25, 0.3) is 0 Å². The van der Waals surface area contributed by atoms with Crippen molar-refractivity contribution in [1.29, 1.82) is 0 Å². The van der Waals surface area contributed by atoms with Gasteiger partial charge in [-0.2, -0.15) is 11.8 Å². The van der Waals surface area contributed by atoms with Crippen LogP contribution >= 0.6 is 11.8 Å². The third-order valence-electron chi connectivity index (χ3n) is 5.10. The van der Waals surface area contributed by atoms with E-state index in [-0.39, 0.29) is 18.3 Å². The van der Waals surface area contributed by atoms with E-state index in [0.717, 1.165) is 32.6 Å². The van der Waals surface area contributed by atoms with Crippen molar-refractivity contribution in [3.63, 3.8) is 0 Å². The minimum absolute atomic E-state index is 0.00749. The van der Waals surface area contributed by atoms with Crippen LogP contribution in [0.15, 0.2) is 0 Å². The Labute approximate surface area is 126 Å². The molecule has 0 radical (unpaired) electrons. The van der Waals surface area contributed by atoms with Crippen molar-refractivity contribution in [1.82, 2.24) is 4.90 Å². The van der Waals surface area contributed by atoms with Gasteiger partial charge in [0.2, 0.25) is 0 Å². The van der Waals surface area contributed by atoms with Crippen molar-refractivity contribution < 1.29 is 14.6 Å². The number of aliphatic hydroxyl groups excluding tert-OH is 1. The highest BCUT2D eigenvalue weighted by molar-refractivity contribution is 7.99. The molecule has 0 amide bonds. The average Bonchev–Trinajstić information content (AvgIpc) is 2.48. The van der Waals surface area contributed by atoms with Crippen LogP contribution < -0.4 is 0 Å². The Balaban J connectivity index is 1.66. The van der Waals surface area contributed by atoms with E-state index in [2.05, 4.69) is 23.6 Å². The number of morpholine rings is 1. The summed E-state index contributed by atoms with van der Waals surface area (Å²) in [5.41, 5.74) is 0.140. The molecule has 1 spiro atoms. The van der Waals surface area contributed by atoms with Crippen LogP contribution in [0.5, 0.6) is 0 Å². The molecule has 3 saturated heterocycles. The molecule has 3 aliphatic rings. The topological polar surface area (TPSA) is 41.9 Å². The van der Waals surface area contributed by atoms with E-state index in [1.54, 1.807) is 0 Å². The van der Waals surface area contributed by atoms with Crippen LogP contribution in [0.4, 0.5) is 0 Å². The third kappa shape index (κ3) is 3.17. The Kier molecular flexibility index (Phi) is 4.93. The fourth-order valence-electron chi connectivity index (χ4n) is 3.84. The lowest BCUT2D eigenvalue weighted by atomic mass is 9.84. The standard InChI is InChI=1S/C15H27NO3S/c1-12-11-18-14(10-17)9-16(12)13-2-5-19-15(8-13)3-6-20-7-4-15/h12-14,17H,2-11H2,1H3. The first kappa shape index (κ1) is 15.1. The number of hydrogen-bond donors (Lipinski definition) is 1. The summed E-state index contributed by atoms with van der Waals surface area (Å²) in [6.07, 6.45) is 4.69. The number of nitrogens with zero attached hydrogens (tertiary/aromatic N) is 1. The van der Waals surface area contributed by atoms with E-state index in [9.17, 15) is 5.11 Å². The maximum Gasteiger partial charge on any atom is 0.0933 e. The molecule has 3 heterocycles. The van der Waals surface area contributed by atoms with Crippen molar-refractivity contribution in [3.05, 3.63) is 0 Å². The van der Waals surface area contributed by atoms with E-state index in [4.69, 9.17) is 9.47 Å². The molecule has 0 aromatic carbocycles. The predicted octanol–water partition coefficient (Wildman–Crippen LogP) is 1.51. The van der Waals surface area contributed by atoms with Crippen molar-refractivity contribution >= 4 is 11.8 Å². The summed E-state index contributed by atoms with van der Waals surface area (Å²) in [7, 11) is 0. The molecule has 0 saturated carbocycles. The van der Waals surface area contributed by atoms with Crippen molar-refractivity contribution in [3.8, 4) is 0 Å². The Bertz CT molecular complexity index is 317. The Morgan fingerprint density at radius 2 is 2.15 bits per heavy atom. The summed E-state index contributed by atoms with van der Waals surface area (Å²) in [6, 6.07) is 1.05. The first-order valence-electron chi connectivity index (χ1n) is 7.92. The highest BCUT2D eigenvalue weighted by Gasteiger charge is 2.42. The van der Waals surface area contributed by atoms with E-state index in [1.165, 1.54) is 24.3 Å². The minimum Gasteiger partial charge on any atom is -0.394 e. The molecule has 0 aromatic rings. The molecule has 3 atom stereocenters. The summed E-state index contributed by atoms with van der Waals surface area (Å²) < 4.78 is 11.9. The second-order valence-corrected chi connectivity index (χ2v) is 7.70. The Hall–Kier alpha value is 0.190. The van der Waals surface area contributed by atoms with Gasteiger partial charge >= 0.3 is 0 Å². The molecule has 20 heavy (non-hydrogen) atoms. The van der Waals surface area contributed by atoms with Gasteiger partial charge < -0.3 is 14.6 Å². The zero-order chi connectivity index (χ0) is 14.0. The maximum atomic E-state index is 9.36. The van der Waals surface area contributed by atoms with Gasteiger partial charge in [0.1, 0.15) is 0 Å². The largest absolute Gasteiger partial charge is 0.394 e. The van der Waals surface area contributed by atoms with Crippen molar-refractivity contribution in [2.24, 2.45) is 0 Å². The molecule has 5 heteroatoms. The zero-order valence-corrected chi connectivity index (χ0v) is 13.2. The van der Waals surface area contributed by atoms with Crippen LogP contribution in [0.2, 0.25) is 0 Å². The highest BCUT2D eigenvalue weighted by Crippen LogP contribution is 2.39. The smallest absolute Gasteiger partial charge is 0.0933 e. The van der Waals surface area contributed by atoms with E-state index in [0.29, 0.717) is 12.1 Å². The molecule has 3 aliphatic heterocycles. The summed E-state index contributed by atoms with van der Waals surface area (Å²) >= 11 is 2.06. The molecule has 3 rings (SSSR count). The lowest BCUT2D eigenvalue weighted by Crippen LogP contribution is -2.58. The molecule has 116 valence electrons. The van der Waals surface area contributed by atoms with Gasteiger partial charge in [-0.15, -0.1) is 0 Å².